The zero-order valence-electron chi connectivity index (χ0n) is 41.6. The highest BCUT2D eigenvalue weighted by atomic mass is 16.6. The van der Waals surface area contributed by atoms with Crippen LogP contribution in [0.2, 0.25) is 0 Å². The quantitative estimate of drug-likeness (QED) is 0.0114. The highest BCUT2D eigenvalue weighted by molar-refractivity contribution is 5.85. The number of nitrogens with one attached hydrogen (secondary N) is 2. The summed E-state index contributed by atoms with van der Waals surface area (Å²) in [6, 6.07) is 23.8. The van der Waals surface area contributed by atoms with Crippen LogP contribution in [-0.4, -0.2) is 68.6 Å². The molecule has 2 unspecified atom stereocenters. The first kappa shape index (κ1) is 57.2. The van der Waals surface area contributed by atoms with Crippen LogP contribution < -0.4 is 19.8 Å². The second-order valence-corrected chi connectivity index (χ2v) is 17.9. The third-order valence-corrected chi connectivity index (χ3v) is 12.2. The molecule has 72 heavy (non-hydrogen) atoms. The maximum atomic E-state index is 12.6. The van der Waals surface area contributed by atoms with Crippen LogP contribution in [0, 0.1) is 0 Å². The van der Waals surface area contributed by atoms with E-state index < -0.39 is 48.1 Å². The van der Waals surface area contributed by atoms with Gasteiger partial charge in [-0.15, -0.1) is 0 Å². The van der Waals surface area contributed by atoms with Crippen LogP contribution in [0.15, 0.2) is 121 Å². The number of ether oxygens (including phenoxy) is 2. The van der Waals surface area contributed by atoms with Crippen molar-refractivity contribution in [3.63, 3.8) is 0 Å². The topological polar surface area (TPSA) is 234 Å². The van der Waals surface area contributed by atoms with Gasteiger partial charge in [-0.3, -0.25) is 0 Å². The lowest BCUT2D eigenvalue weighted by atomic mass is 9.93. The molecule has 2 aromatic carbocycles. The van der Waals surface area contributed by atoms with E-state index in [1.54, 1.807) is 24.3 Å². The molecule has 6 N–H and O–H groups in total. The van der Waals surface area contributed by atoms with Gasteiger partial charge in [0.15, 0.2) is 23.8 Å². The van der Waals surface area contributed by atoms with E-state index in [0.29, 0.717) is 49.9 Å². The number of pyridine rings is 2. The van der Waals surface area contributed by atoms with Crippen molar-refractivity contribution < 1.29 is 67.8 Å². The molecule has 0 radical (unpaired) electrons. The van der Waals surface area contributed by atoms with Gasteiger partial charge in [-0.05, 0) is 84.8 Å². The van der Waals surface area contributed by atoms with E-state index in [2.05, 4.69) is 24.5 Å². The Morgan fingerprint density at radius 1 is 0.514 bits per heavy atom. The Labute approximate surface area is 422 Å². The lowest BCUT2D eigenvalue weighted by molar-refractivity contribution is -0.704. The van der Waals surface area contributed by atoms with E-state index in [9.17, 15) is 49.2 Å². The van der Waals surface area contributed by atoms with Crippen LogP contribution in [0.4, 0.5) is 9.59 Å². The fraction of sp³-hybridized carbons (Fsp3) is 0.429. The number of aryl methyl sites for hydroxylation is 4. The van der Waals surface area contributed by atoms with Gasteiger partial charge in [0.1, 0.15) is 38.4 Å². The normalized spacial score (nSPS) is 12.4. The van der Waals surface area contributed by atoms with E-state index in [1.807, 2.05) is 82.2 Å². The van der Waals surface area contributed by atoms with Crippen LogP contribution in [-0.2, 0) is 80.6 Å². The molecule has 0 bridgehead atoms. The Bertz CT molecular complexity index is 2270. The Kier molecular flexibility index (Phi) is 25.3. The third kappa shape index (κ3) is 21.7. The number of aliphatic carboxylic acids is 4. The number of amides is 2. The average Bonchev–Trinajstić information content (AvgIpc) is 3.35. The highest BCUT2D eigenvalue weighted by Crippen LogP contribution is 2.22. The molecule has 0 aliphatic heterocycles. The predicted octanol–water partition coefficient (Wildman–Crippen LogP) is 8.63. The Balaban J connectivity index is 1.54. The fourth-order valence-corrected chi connectivity index (χ4v) is 8.26. The number of nitrogens with zero attached hydrogens (tertiary/aromatic N) is 2. The van der Waals surface area contributed by atoms with Crippen molar-refractivity contribution in [2.45, 2.75) is 155 Å². The molecule has 2 heterocycles. The van der Waals surface area contributed by atoms with E-state index in [0.717, 1.165) is 97.2 Å². The molecule has 386 valence electrons. The first-order valence-electron chi connectivity index (χ1n) is 25.0. The minimum Gasteiger partial charge on any atom is -0.480 e. The fourth-order valence-electron chi connectivity index (χ4n) is 8.26. The largest absolute Gasteiger partial charge is 0.480 e. The molecule has 0 aliphatic carbocycles. The van der Waals surface area contributed by atoms with E-state index in [1.165, 1.54) is 0 Å². The summed E-state index contributed by atoms with van der Waals surface area (Å²) >= 11 is 0. The highest BCUT2D eigenvalue weighted by Gasteiger charge is 2.25. The van der Waals surface area contributed by atoms with Gasteiger partial charge in [-0.25, -0.2) is 37.9 Å². The molecule has 4 rings (SSSR count). The zero-order chi connectivity index (χ0) is 52.1. The van der Waals surface area contributed by atoms with Crippen molar-refractivity contribution in [3.8, 4) is 0 Å². The van der Waals surface area contributed by atoms with Gasteiger partial charge in [-0.1, -0.05) is 100 Å². The molecule has 2 amide bonds. The molecule has 0 saturated carbocycles. The number of carbonyl (C=O) groups excluding carboxylic acids is 2. The summed E-state index contributed by atoms with van der Waals surface area (Å²) in [4.78, 5) is 74.5. The second-order valence-electron chi connectivity index (χ2n) is 17.9. The molecule has 4 aromatic rings. The van der Waals surface area contributed by atoms with Gasteiger partial charge in [0.05, 0.1) is 12.8 Å². The summed E-state index contributed by atoms with van der Waals surface area (Å²) in [6.07, 6.45) is 14.2. The van der Waals surface area contributed by atoms with Gasteiger partial charge in [0, 0.05) is 49.3 Å². The van der Waals surface area contributed by atoms with Crippen LogP contribution >= 0.6 is 0 Å². The van der Waals surface area contributed by atoms with Gasteiger partial charge >= 0.3 is 36.1 Å². The Morgan fingerprint density at radius 3 is 1.25 bits per heavy atom. The Morgan fingerprint density at radius 2 is 0.903 bits per heavy atom. The zero-order valence-corrected chi connectivity index (χ0v) is 41.6. The van der Waals surface area contributed by atoms with Crippen molar-refractivity contribution in [1.82, 2.24) is 10.6 Å². The number of aromatic nitrogens is 2. The number of benzene rings is 2. The summed E-state index contributed by atoms with van der Waals surface area (Å²) in [5, 5.41) is 45.2. The molecule has 0 saturated heterocycles. The number of unbranched alkanes of at least 4 members (excludes halogenated alkanes) is 6. The summed E-state index contributed by atoms with van der Waals surface area (Å²) in [5.41, 5.74) is 5.70. The first-order chi connectivity index (χ1) is 34.7. The molecular weight excluding hydrogens is 921 g/mol. The van der Waals surface area contributed by atoms with Crippen LogP contribution in [0.1, 0.15) is 125 Å². The van der Waals surface area contributed by atoms with E-state index in [-0.39, 0.29) is 38.9 Å². The average molecular weight is 993 g/mol. The summed E-state index contributed by atoms with van der Waals surface area (Å²) in [7, 11) is 0. The maximum absolute atomic E-state index is 12.6. The predicted molar refractivity (Wildman–Crippen MR) is 269 cm³/mol. The van der Waals surface area contributed by atoms with Crippen molar-refractivity contribution in [3.05, 3.63) is 154 Å². The number of alkyl carbamates (subject to hydrolysis) is 2. The van der Waals surface area contributed by atoms with Crippen molar-refractivity contribution >= 4 is 36.1 Å². The number of carboxylic acids is 4. The van der Waals surface area contributed by atoms with Gasteiger partial charge in [0.2, 0.25) is 0 Å². The summed E-state index contributed by atoms with van der Waals surface area (Å²) < 4.78 is 14.4. The first-order valence-corrected chi connectivity index (χ1v) is 25.0. The van der Waals surface area contributed by atoms with Crippen LogP contribution in [0.5, 0.6) is 0 Å². The van der Waals surface area contributed by atoms with Gasteiger partial charge < -0.3 is 40.5 Å². The lowest BCUT2D eigenvalue weighted by Crippen LogP contribution is -2.42. The van der Waals surface area contributed by atoms with E-state index >= 15 is 0 Å². The second kappa shape index (κ2) is 31.8. The van der Waals surface area contributed by atoms with Crippen LogP contribution in [0.25, 0.3) is 0 Å². The number of hydrogen-bond acceptors (Lipinski definition) is 8. The molecule has 2 atom stereocenters. The van der Waals surface area contributed by atoms with Crippen molar-refractivity contribution in [2.24, 2.45) is 0 Å². The van der Waals surface area contributed by atoms with Gasteiger partial charge in [0.25, 0.3) is 0 Å². The number of allylic oxidation sites excluding steroid dienone is 2. The number of carboxylic acid groups (broad SMARTS) is 4. The molecule has 0 aliphatic rings. The summed E-state index contributed by atoms with van der Waals surface area (Å²) in [5.74, 6) is -4.87. The standard InChI is InChI=1S/C56H70N4O12/c1-3-5-9-19-41-27-31-59(29-17-15-25-49(53(65)66)57-55(69)71-39-43-21-11-7-12-22-43)47(33-41)35-45(37-51(61)62)46(38-52(63)64)36-48-34-42(20-10-6-4-2)28-32-60(48)30-18-16-26-50(54(67)68)58-56(70)72-40-44-23-13-8-14-24-44/h7-8,11-14,21-24,27-28,31-34,37-38,49-50H,3-6,9-10,15-20,25-26,29-30,35-36,39-40H2,1-2H3,(H4-2,57,58,61,62,63,64,65,66,67,68,69,70)/p+2/b45-37-,46-38-. The van der Waals surface area contributed by atoms with Gasteiger partial charge in [-0.2, -0.15) is 0 Å². The SMILES string of the molecule is CCCCCc1cc[n+](CCCCC(NC(=O)OCc2ccccc2)C(=O)O)c(CC(=C/C(=O)O)/C(=C\C(=O)O)Cc2cc(CCCCC)cc[n+]2CCCCC(NC(=O)OCc2ccccc2)C(=O)O)c1. The van der Waals surface area contributed by atoms with Crippen molar-refractivity contribution in [2.75, 3.05) is 0 Å². The molecule has 16 nitrogen and oxygen atoms in total. The smallest absolute Gasteiger partial charge is 0.408 e. The maximum Gasteiger partial charge on any atom is 0.408 e. The molecule has 2 aromatic heterocycles. The number of rotatable bonds is 33. The minimum absolute atomic E-state index is 0.00700. The molecule has 0 fully saturated rings. The molecule has 16 heteroatoms. The molecular formula is C56H72N4O12+2. The third-order valence-electron chi connectivity index (χ3n) is 12.2. The molecule has 0 spiro atoms. The lowest BCUT2D eigenvalue weighted by Gasteiger charge is -2.15. The van der Waals surface area contributed by atoms with Crippen molar-refractivity contribution in [1.29, 1.82) is 0 Å². The number of hydrogen-bond donors (Lipinski definition) is 6. The van der Waals surface area contributed by atoms with Crippen LogP contribution in [0.3, 0.4) is 0 Å². The summed E-state index contributed by atoms with van der Waals surface area (Å²) in [6.45, 7) is 5.09. The number of carbonyl (C=O) groups is 6. The minimum atomic E-state index is -1.24. The van der Waals surface area contributed by atoms with E-state index in [4.69, 9.17) is 9.47 Å². The Hall–Kier alpha value is -7.36. The monoisotopic (exact) mass is 993 g/mol.